The van der Waals surface area contributed by atoms with E-state index in [2.05, 4.69) is 26.1 Å². The molecular formula is C18H13Cl3N6O4. The van der Waals surface area contributed by atoms with Crippen LogP contribution in [0.25, 0.3) is 0 Å². The third-order valence-electron chi connectivity index (χ3n) is 3.70. The molecule has 0 unspecified atom stereocenters. The Balaban J connectivity index is 1.69. The minimum atomic E-state index is -0.697. The zero-order valence-electron chi connectivity index (χ0n) is 15.4. The van der Waals surface area contributed by atoms with E-state index < -0.39 is 23.1 Å². The van der Waals surface area contributed by atoms with Crippen molar-refractivity contribution < 1.29 is 14.5 Å². The Morgan fingerprint density at radius 3 is 2.52 bits per heavy atom. The van der Waals surface area contributed by atoms with Crippen molar-refractivity contribution in [2.45, 2.75) is 0 Å². The number of nitro groups is 1. The number of rotatable bonds is 8. The summed E-state index contributed by atoms with van der Waals surface area (Å²) in [7, 11) is 0. The Labute approximate surface area is 190 Å². The Bertz CT molecular complexity index is 1130. The zero-order chi connectivity index (χ0) is 22.4. The Kier molecular flexibility index (Phi) is 7.29. The number of amides is 1. The topological polar surface area (TPSA) is 131 Å². The number of para-hydroxylation sites is 1. The van der Waals surface area contributed by atoms with Gasteiger partial charge in [-0.3, -0.25) is 25.8 Å². The second-order valence-corrected chi connectivity index (χ2v) is 7.07. The van der Waals surface area contributed by atoms with E-state index in [1.54, 1.807) is 30.3 Å². The molecule has 13 heteroatoms. The zero-order valence-corrected chi connectivity index (χ0v) is 17.7. The summed E-state index contributed by atoms with van der Waals surface area (Å²) in [6, 6.07) is 11.2. The number of benzene rings is 2. The number of nitrogens with zero attached hydrogens (tertiary/aromatic N) is 3. The van der Waals surface area contributed by atoms with Gasteiger partial charge in [-0.1, -0.05) is 46.9 Å². The van der Waals surface area contributed by atoms with Crippen molar-refractivity contribution >= 4 is 63.7 Å². The molecule has 1 heterocycles. The summed E-state index contributed by atoms with van der Waals surface area (Å²) in [5, 5.41) is 15.4. The monoisotopic (exact) mass is 482 g/mol. The Morgan fingerprint density at radius 1 is 1.06 bits per heavy atom. The summed E-state index contributed by atoms with van der Waals surface area (Å²) < 4.78 is 5.30. The molecule has 3 rings (SSSR count). The van der Waals surface area contributed by atoms with Gasteiger partial charge < -0.3 is 10.1 Å². The third-order valence-corrected chi connectivity index (χ3v) is 4.56. The lowest BCUT2D eigenvalue weighted by atomic mass is 10.3. The van der Waals surface area contributed by atoms with Gasteiger partial charge in [0.15, 0.2) is 6.61 Å². The molecule has 0 aliphatic heterocycles. The van der Waals surface area contributed by atoms with Gasteiger partial charge in [0, 0.05) is 5.02 Å². The molecule has 0 saturated carbocycles. The fourth-order valence-electron chi connectivity index (χ4n) is 2.33. The number of hydrogen-bond donors (Lipinski definition) is 3. The minimum Gasteiger partial charge on any atom is -0.482 e. The molecule has 3 N–H and O–H groups in total. The fourth-order valence-corrected chi connectivity index (χ4v) is 2.97. The highest BCUT2D eigenvalue weighted by Crippen LogP contribution is 2.33. The van der Waals surface area contributed by atoms with Gasteiger partial charge in [-0.25, -0.2) is 9.97 Å². The lowest BCUT2D eigenvalue weighted by molar-refractivity contribution is -0.383. The van der Waals surface area contributed by atoms with Crippen molar-refractivity contribution in [1.29, 1.82) is 0 Å². The molecule has 0 spiro atoms. The summed E-state index contributed by atoms with van der Waals surface area (Å²) in [6.07, 6.45) is 1.09. The van der Waals surface area contributed by atoms with Gasteiger partial charge >= 0.3 is 5.69 Å². The van der Waals surface area contributed by atoms with Gasteiger partial charge in [0.05, 0.1) is 20.7 Å². The summed E-state index contributed by atoms with van der Waals surface area (Å²) in [6.45, 7) is -0.419. The maximum Gasteiger partial charge on any atom is 0.355 e. The fraction of sp³-hybridized carbons (Fsp3) is 0.0556. The lowest BCUT2D eigenvalue weighted by Crippen LogP contribution is -2.34. The van der Waals surface area contributed by atoms with Crippen molar-refractivity contribution in [2.75, 3.05) is 17.3 Å². The van der Waals surface area contributed by atoms with E-state index >= 15 is 0 Å². The van der Waals surface area contributed by atoms with Gasteiger partial charge in [0.1, 0.15) is 12.1 Å². The van der Waals surface area contributed by atoms with Crippen molar-refractivity contribution in [3.8, 4) is 5.75 Å². The van der Waals surface area contributed by atoms with Crippen LogP contribution in [0.2, 0.25) is 15.1 Å². The molecule has 160 valence electrons. The van der Waals surface area contributed by atoms with Crippen molar-refractivity contribution in [2.24, 2.45) is 0 Å². The van der Waals surface area contributed by atoms with E-state index in [-0.39, 0.29) is 22.4 Å². The Morgan fingerprint density at radius 2 is 1.81 bits per heavy atom. The van der Waals surface area contributed by atoms with Crippen LogP contribution in [0.15, 0.2) is 48.8 Å². The van der Waals surface area contributed by atoms with Crippen LogP contribution in [0.3, 0.4) is 0 Å². The van der Waals surface area contributed by atoms with Crippen LogP contribution < -0.4 is 20.9 Å². The van der Waals surface area contributed by atoms with E-state index in [1.165, 1.54) is 12.1 Å². The van der Waals surface area contributed by atoms with Crippen LogP contribution in [0, 0.1) is 10.1 Å². The average molecular weight is 484 g/mol. The normalized spacial score (nSPS) is 10.3. The molecule has 0 aliphatic rings. The highest BCUT2D eigenvalue weighted by molar-refractivity contribution is 6.35. The first-order valence-corrected chi connectivity index (χ1v) is 9.62. The molecule has 0 saturated heterocycles. The van der Waals surface area contributed by atoms with Gasteiger partial charge in [-0.15, -0.1) is 0 Å². The minimum absolute atomic E-state index is 0.117. The predicted octanol–water partition coefficient (Wildman–Crippen LogP) is 4.61. The van der Waals surface area contributed by atoms with Crippen LogP contribution in [0.1, 0.15) is 0 Å². The van der Waals surface area contributed by atoms with Crippen LogP contribution in [-0.2, 0) is 4.79 Å². The Hall–Kier alpha value is -3.34. The maximum atomic E-state index is 12.1. The first kappa shape index (κ1) is 22.3. The van der Waals surface area contributed by atoms with Crippen molar-refractivity contribution in [3.63, 3.8) is 0 Å². The quantitative estimate of drug-likeness (QED) is 0.313. The van der Waals surface area contributed by atoms with Crippen LogP contribution in [0.5, 0.6) is 5.75 Å². The van der Waals surface area contributed by atoms with E-state index in [4.69, 9.17) is 39.5 Å². The molecule has 3 aromatic rings. The van der Waals surface area contributed by atoms with E-state index in [9.17, 15) is 14.9 Å². The number of aromatic nitrogens is 2. The second kappa shape index (κ2) is 10.1. The first-order chi connectivity index (χ1) is 14.8. The second-order valence-electron chi connectivity index (χ2n) is 5.82. The van der Waals surface area contributed by atoms with Gasteiger partial charge in [-0.2, -0.15) is 0 Å². The molecular weight excluding hydrogens is 471 g/mol. The molecule has 0 radical (unpaired) electrons. The third kappa shape index (κ3) is 5.85. The SMILES string of the molecule is O=C(COc1ccc(Cl)cc1Cl)NNc1ncnc(Nc2ccccc2Cl)c1[N+](=O)[O-]. The lowest BCUT2D eigenvalue weighted by Gasteiger charge is -2.12. The van der Waals surface area contributed by atoms with Gasteiger partial charge in [0.25, 0.3) is 5.91 Å². The van der Waals surface area contributed by atoms with Crippen LogP contribution >= 0.6 is 34.8 Å². The highest BCUT2D eigenvalue weighted by Gasteiger charge is 2.24. The number of carbonyl (C=O) groups excluding carboxylic acids is 1. The number of hydrogen-bond acceptors (Lipinski definition) is 8. The summed E-state index contributed by atoms with van der Waals surface area (Å²) in [5.74, 6) is -0.749. The molecule has 1 aromatic heterocycles. The van der Waals surface area contributed by atoms with E-state index in [1.807, 2.05) is 0 Å². The number of carbonyl (C=O) groups is 1. The van der Waals surface area contributed by atoms with Crippen molar-refractivity contribution in [3.05, 3.63) is 74.0 Å². The predicted molar refractivity (Wildman–Crippen MR) is 117 cm³/mol. The van der Waals surface area contributed by atoms with Gasteiger partial charge in [-0.05, 0) is 30.3 Å². The molecule has 0 fully saturated rings. The molecule has 0 aliphatic carbocycles. The summed E-state index contributed by atoms with van der Waals surface area (Å²) in [5.41, 5.74) is 4.58. The highest BCUT2D eigenvalue weighted by atomic mass is 35.5. The number of ether oxygens (including phenoxy) is 1. The number of anilines is 3. The summed E-state index contributed by atoms with van der Waals surface area (Å²) >= 11 is 17.8. The molecule has 2 aromatic carbocycles. The van der Waals surface area contributed by atoms with E-state index in [0.29, 0.717) is 15.7 Å². The van der Waals surface area contributed by atoms with Crippen LogP contribution in [0.4, 0.5) is 23.0 Å². The maximum absolute atomic E-state index is 12.1. The number of hydrazine groups is 1. The van der Waals surface area contributed by atoms with Gasteiger partial charge in [0.2, 0.25) is 11.6 Å². The molecule has 0 atom stereocenters. The first-order valence-electron chi connectivity index (χ1n) is 8.49. The molecule has 0 bridgehead atoms. The van der Waals surface area contributed by atoms with Crippen molar-refractivity contribution in [1.82, 2.24) is 15.4 Å². The standard InChI is InChI=1S/C18H13Cl3N6O4/c19-10-5-6-14(12(21)7-10)31-8-15(28)25-26-18-16(27(29)30)17(22-9-23-18)24-13-4-2-1-3-11(13)20/h1-7,9H,8H2,(H,25,28)(H2,22,23,24,26). The molecule has 10 nitrogen and oxygen atoms in total. The smallest absolute Gasteiger partial charge is 0.355 e. The molecule has 31 heavy (non-hydrogen) atoms. The summed E-state index contributed by atoms with van der Waals surface area (Å²) in [4.78, 5) is 30.6. The number of nitrogens with one attached hydrogen (secondary N) is 3. The molecule has 1 amide bonds. The number of halogens is 3. The van der Waals surface area contributed by atoms with E-state index in [0.717, 1.165) is 6.33 Å². The average Bonchev–Trinajstić information content (AvgIpc) is 2.73. The largest absolute Gasteiger partial charge is 0.482 e. The van der Waals surface area contributed by atoms with Crippen LogP contribution in [-0.4, -0.2) is 27.4 Å².